The molecule has 0 unspecified atom stereocenters. The normalized spacial score (nSPS) is 11.3. The standard InChI is InChI=1S/C17H15Cl2NO/c18-10-4-3-7-15(21)16-13(19)9-8-12-11-5-1-2-6-14(11)20-17(12)16/h1-2,5-6,8-9,20H,3-4,7,10H2. The second-order valence-corrected chi connectivity index (χ2v) is 5.87. The van der Waals surface area contributed by atoms with Crippen LogP contribution in [0.2, 0.25) is 5.02 Å². The lowest BCUT2D eigenvalue weighted by atomic mass is 10.0. The largest absolute Gasteiger partial charge is 0.354 e. The molecule has 0 saturated carbocycles. The molecule has 0 aliphatic rings. The van der Waals surface area contributed by atoms with Gasteiger partial charge >= 0.3 is 0 Å². The van der Waals surface area contributed by atoms with Crippen LogP contribution in [0.4, 0.5) is 0 Å². The highest BCUT2D eigenvalue weighted by atomic mass is 35.5. The zero-order chi connectivity index (χ0) is 14.8. The van der Waals surface area contributed by atoms with Gasteiger partial charge in [0.05, 0.1) is 16.1 Å². The van der Waals surface area contributed by atoms with Crippen molar-refractivity contribution in [2.75, 3.05) is 5.88 Å². The Kier molecular flexibility index (Phi) is 4.18. The van der Waals surface area contributed by atoms with Crippen molar-refractivity contribution in [3.63, 3.8) is 0 Å². The summed E-state index contributed by atoms with van der Waals surface area (Å²) in [6.07, 6.45) is 2.10. The molecule has 0 bridgehead atoms. The molecular weight excluding hydrogens is 305 g/mol. The molecule has 1 N–H and O–H groups in total. The van der Waals surface area contributed by atoms with Gasteiger partial charge in [0.1, 0.15) is 0 Å². The van der Waals surface area contributed by atoms with Gasteiger partial charge in [-0.25, -0.2) is 0 Å². The summed E-state index contributed by atoms with van der Waals surface area (Å²) in [7, 11) is 0. The molecule has 21 heavy (non-hydrogen) atoms. The first-order chi connectivity index (χ1) is 10.2. The molecule has 0 aliphatic heterocycles. The molecule has 1 heterocycles. The summed E-state index contributed by atoms with van der Waals surface area (Å²) in [6.45, 7) is 0. The summed E-state index contributed by atoms with van der Waals surface area (Å²) >= 11 is 11.9. The van der Waals surface area contributed by atoms with E-state index in [0.717, 1.165) is 34.6 Å². The lowest BCUT2D eigenvalue weighted by Gasteiger charge is -2.05. The molecule has 3 aromatic rings. The summed E-state index contributed by atoms with van der Waals surface area (Å²) in [5.74, 6) is 0.653. The van der Waals surface area contributed by atoms with Crippen molar-refractivity contribution in [1.29, 1.82) is 0 Å². The summed E-state index contributed by atoms with van der Waals surface area (Å²) in [5, 5.41) is 2.65. The van der Waals surface area contributed by atoms with Crippen LogP contribution in [0.3, 0.4) is 0 Å². The van der Waals surface area contributed by atoms with Crippen molar-refractivity contribution in [1.82, 2.24) is 4.98 Å². The number of rotatable bonds is 5. The summed E-state index contributed by atoms with van der Waals surface area (Å²) in [5.41, 5.74) is 2.45. The average Bonchev–Trinajstić information content (AvgIpc) is 2.85. The van der Waals surface area contributed by atoms with Crippen LogP contribution in [0.25, 0.3) is 21.8 Å². The van der Waals surface area contributed by atoms with E-state index in [1.165, 1.54) is 0 Å². The van der Waals surface area contributed by atoms with Gasteiger partial charge in [-0.3, -0.25) is 4.79 Å². The van der Waals surface area contributed by atoms with Crippen molar-refractivity contribution >= 4 is 50.8 Å². The summed E-state index contributed by atoms with van der Waals surface area (Å²) in [6, 6.07) is 11.8. The maximum Gasteiger partial charge on any atom is 0.166 e. The second kappa shape index (κ2) is 6.08. The van der Waals surface area contributed by atoms with Crippen LogP contribution in [0, 0.1) is 0 Å². The van der Waals surface area contributed by atoms with E-state index in [0.29, 0.717) is 22.9 Å². The van der Waals surface area contributed by atoms with E-state index in [4.69, 9.17) is 23.2 Å². The topological polar surface area (TPSA) is 32.9 Å². The second-order valence-electron chi connectivity index (χ2n) is 5.08. The number of fused-ring (bicyclic) bond motifs is 3. The number of hydrogen-bond acceptors (Lipinski definition) is 1. The Hall–Kier alpha value is -1.51. The van der Waals surface area contributed by atoms with Gasteiger partial charge in [0.2, 0.25) is 0 Å². The van der Waals surface area contributed by atoms with Crippen LogP contribution in [0.15, 0.2) is 36.4 Å². The molecule has 0 amide bonds. The van der Waals surface area contributed by atoms with Crippen molar-refractivity contribution in [3.8, 4) is 0 Å². The highest BCUT2D eigenvalue weighted by Crippen LogP contribution is 2.32. The van der Waals surface area contributed by atoms with Gasteiger partial charge in [0.15, 0.2) is 5.78 Å². The number of aromatic nitrogens is 1. The van der Waals surface area contributed by atoms with Gasteiger partial charge in [-0.2, -0.15) is 0 Å². The minimum Gasteiger partial charge on any atom is -0.354 e. The number of halogens is 2. The number of nitrogens with one attached hydrogen (secondary N) is 1. The maximum absolute atomic E-state index is 12.5. The van der Waals surface area contributed by atoms with E-state index in [1.807, 2.05) is 30.3 Å². The molecule has 0 fully saturated rings. The Balaban J connectivity index is 2.12. The minimum atomic E-state index is 0.0715. The van der Waals surface area contributed by atoms with Gasteiger partial charge < -0.3 is 4.98 Å². The minimum absolute atomic E-state index is 0.0715. The summed E-state index contributed by atoms with van der Waals surface area (Å²) in [4.78, 5) is 15.8. The van der Waals surface area contributed by atoms with E-state index in [2.05, 4.69) is 4.98 Å². The number of alkyl halides is 1. The first-order valence-corrected chi connectivity index (χ1v) is 7.91. The smallest absolute Gasteiger partial charge is 0.166 e. The number of para-hydroxylation sites is 1. The van der Waals surface area contributed by atoms with Crippen LogP contribution in [0.5, 0.6) is 0 Å². The Bertz CT molecular complexity index is 807. The van der Waals surface area contributed by atoms with Gasteiger partial charge in [0, 0.05) is 28.6 Å². The molecule has 2 nitrogen and oxygen atoms in total. The zero-order valence-corrected chi connectivity index (χ0v) is 13.0. The van der Waals surface area contributed by atoms with Crippen molar-refractivity contribution in [3.05, 3.63) is 47.0 Å². The number of hydrogen-bond donors (Lipinski definition) is 1. The zero-order valence-electron chi connectivity index (χ0n) is 11.5. The predicted molar refractivity (Wildman–Crippen MR) is 89.7 cm³/mol. The average molecular weight is 320 g/mol. The molecule has 2 aromatic carbocycles. The molecule has 1 aromatic heterocycles. The fraction of sp³-hybridized carbons (Fsp3) is 0.235. The third-order valence-electron chi connectivity index (χ3n) is 3.70. The van der Waals surface area contributed by atoms with Crippen molar-refractivity contribution < 1.29 is 4.79 Å². The molecule has 0 atom stereocenters. The molecule has 108 valence electrons. The number of H-pyrrole nitrogens is 1. The fourth-order valence-corrected chi connectivity index (χ4v) is 3.12. The fourth-order valence-electron chi connectivity index (χ4n) is 2.67. The molecule has 3 rings (SSSR count). The van der Waals surface area contributed by atoms with Gasteiger partial charge in [-0.05, 0) is 25.0 Å². The first-order valence-electron chi connectivity index (χ1n) is 7.00. The highest BCUT2D eigenvalue weighted by Gasteiger charge is 2.17. The molecule has 0 radical (unpaired) electrons. The lowest BCUT2D eigenvalue weighted by Crippen LogP contribution is -2.01. The molecule has 0 aliphatic carbocycles. The van der Waals surface area contributed by atoms with Gasteiger partial charge in [0.25, 0.3) is 0 Å². The van der Waals surface area contributed by atoms with E-state index in [-0.39, 0.29) is 5.78 Å². The van der Waals surface area contributed by atoms with Gasteiger partial charge in [-0.15, -0.1) is 11.6 Å². The molecule has 4 heteroatoms. The van der Waals surface area contributed by atoms with E-state index in [9.17, 15) is 4.79 Å². The lowest BCUT2D eigenvalue weighted by molar-refractivity contribution is 0.0981. The Labute approximate surface area is 133 Å². The van der Waals surface area contributed by atoms with E-state index in [1.54, 1.807) is 6.07 Å². The SMILES string of the molecule is O=C(CCCCCl)c1c(Cl)ccc2c1[nH]c1ccccc12. The summed E-state index contributed by atoms with van der Waals surface area (Å²) < 4.78 is 0. The highest BCUT2D eigenvalue weighted by molar-refractivity contribution is 6.36. The monoisotopic (exact) mass is 319 g/mol. The van der Waals surface area contributed by atoms with Gasteiger partial charge in [-0.1, -0.05) is 35.9 Å². The number of unbranched alkanes of at least 4 members (excludes halogenated alkanes) is 1. The maximum atomic E-state index is 12.5. The van der Waals surface area contributed by atoms with E-state index >= 15 is 0 Å². The van der Waals surface area contributed by atoms with Crippen LogP contribution < -0.4 is 0 Å². The number of aromatic amines is 1. The van der Waals surface area contributed by atoms with Crippen molar-refractivity contribution in [2.24, 2.45) is 0 Å². The Morgan fingerprint density at radius 2 is 1.86 bits per heavy atom. The quantitative estimate of drug-likeness (QED) is 0.372. The number of Topliss-reactive ketones (excluding diaryl/α,β-unsaturated/α-hetero) is 1. The number of benzene rings is 2. The third-order valence-corrected chi connectivity index (χ3v) is 4.28. The molecular formula is C17H15Cl2NO. The number of carbonyl (C=O) groups is 1. The molecule has 0 saturated heterocycles. The van der Waals surface area contributed by atoms with Crippen molar-refractivity contribution in [2.45, 2.75) is 19.3 Å². The van der Waals surface area contributed by atoms with E-state index < -0.39 is 0 Å². The first kappa shape index (κ1) is 14.4. The van der Waals surface area contributed by atoms with Crippen LogP contribution in [0.1, 0.15) is 29.6 Å². The molecule has 0 spiro atoms. The Morgan fingerprint density at radius 3 is 2.67 bits per heavy atom. The van der Waals surface area contributed by atoms with Crippen LogP contribution in [-0.2, 0) is 0 Å². The van der Waals surface area contributed by atoms with Crippen LogP contribution in [-0.4, -0.2) is 16.6 Å². The predicted octanol–water partition coefficient (Wildman–Crippen LogP) is 5.57. The third kappa shape index (κ3) is 2.66. The number of carbonyl (C=O) groups excluding carboxylic acids is 1. The number of ketones is 1. The van der Waals surface area contributed by atoms with Crippen LogP contribution >= 0.6 is 23.2 Å². The Morgan fingerprint density at radius 1 is 1.05 bits per heavy atom.